The molecule has 0 heteroatoms. The van der Waals surface area contributed by atoms with Gasteiger partial charge in [0.2, 0.25) is 0 Å². The maximum absolute atomic E-state index is 3.87. The van der Waals surface area contributed by atoms with Crippen LogP contribution >= 0.6 is 0 Å². The van der Waals surface area contributed by atoms with Crippen LogP contribution in [0.2, 0.25) is 0 Å². The second kappa shape index (κ2) is 8.49. The lowest BCUT2D eigenvalue weighted by atomic mass is 9.78. The largest absolute Gasteiger partial charge is 0.103 e. The van der Waals surface area contributed by atoms with Crippen molar-refractivity contribution in [3.8, 4) is 0 Å². The van der Waals surface area contributed by atoms with Crippen LogP contribution in [0.3, 0.4) is 0 Å². The molecule has 0 aromatic heterocycles. The predicted molar refractivity (Wildman–Crippen MR) is 89.7 cm³/mol. The first kappa shape index (κ1) is 15.6. The highest BCUT2D eigenvalue weighted by Crippen LogP contribution is 2.34. The fourth-order valence-electron chi connectivity index (χ4n) is 4.02. The van der Waals surface area contributed by atoms with E-state index < -0.39 is 0 Å². The van der Waals surface area contributed by atoms with Crippen LogP contribution < -0.4 is 0 Å². The summed E-state index contributed by atoms with van der Waals surface area (Å²) in [6.07, 6.45) is 23.0. The Kier molecular flexibility index (Phi) is 6.63. The predicted octanol–water partition coefficient (Wildman–Crippen LogP) is 6.31. The number of allylic oxidation sites excluding steroid dienone is 4. The molecule has 112 valence electrons. The van der Waals surface area contributed by atoms with Gasteiger partial charge < -0.3 is 0 Å². The Bertz CT molecular complexity index is 277. The van der Waals surface area contributed by atoms with Crippen LogP contribution in [0.1, 0.15) is 64.2 Å². The van der Waals surface area contributed by atoms with Crippen molar-refractivity contribution in [2.45, 2.75) is 64.2 Å². The highest BCUT2D eigenvalue weighted by molar-refractivity contribution is 4.97. The molecular weight excluding hydrogens is 240 g/mol. The number of hydrogen-bond donors (Lipinski definition) is 0. The molecule has 0 nitrogen and oxygen atoms in total. The molecule has 2 saturated carbocycles. The van der Waals surface area contributed by atoms with Gasteiger partial charge in [-0.25, -0.2) is 0 Å². The second-order valence-corrected chi connectivity index (χ2v) is 7.00. The Labute approximate surface area is 126 Å². The Balaban J connectivity index is 1.67. The van der Waals surface area contributed by atoms with Crippen LogP contribution in [0.5, 0.6) is 0 Å². The molecule has 2 aliphatic carbocycles. The molecule has 2 aliphatic rings. The van der Waals surface area contributed by atoms with E-state index >= 15 is 0 Å². The van der Waals surface area contributed by atoms with Crippen LogP contribution in [-0.2, 0) is 0 Å². The molecule has 0 atom stereocenters. The van der Waals surface area contributed by atoms with Crippen molar-refractivity contribution in [3.63, 3.8) is 0 Å². The molecule has 0 amide bonds. The molecule has 0 bridgehead atoms. The lowest BCUT2D eigenvalue weighted by molar-refractivity contribution is 0.301. The Hall–Kier alpha value is -0.780. The zero-order chi connectivity index (χ0) is 14.2. The topological polar surface area (TPSA) is 0 Å². The summed E-state index contributed by atoms with van der Waals surface area (Å²) < 4.78 is 0. The van der Waals surface area contributed by atoms with Crippen LogP contribution in [-0.4, -0.2) is 0 Å². The first-order chi connectivity index (χ1) is 9.81. The summed E-state index contributed by atoms with van der Waals surface area (Å²) in [7, 11) is 0. The molecule has 0 aromatic carbocycles. The summed E-state index contributed by atoms with van der Waals surface area (Å²) in [6, 6.07) is 0. The molecule has 20 heavy (non-hydrogen) atoms. The third kappa shape index (κ3) is 4.96. The normalized spacial score (nSPS) is 35.0. The van der Waals surface area contributed by atoms with Crippen LogP contribution in [0.4, 0.5) is 0 Å². The third-order valence-corrected chi connectivity index (χ3v) is 5.44. The zero-order valence-electron chi connectivity index (χ0n) is 13.1. The van der Waals surface area contributed by atoms with E-state index in [2.05, 4.69) is 37.5 Å². The van der Waals surface area contributed by atoms with E-state index in [1.54, 1.807) is 0 Å². The molecular formula is C20H32. The van der Waals surface area contributed by atoms with Crippen molar-refractivity contribution in [2.24, 2.45) is 23.7 Å². The highest BCUT2D eigenvalue weighted by Gasteiger charge is 2.20. The smallest absolute Gasteiger partial charge is 0.0233 e. The highest BCUT2D eigenvalue weighted by atomic mass is 14.3. The molecule has 0 spiro atoms. The van der Waals surface area contributed by atoms with Gasteiger partial charge in [-0.15, -0.1) is 13.2 Å². The van der Waals surface area contributed by atoms with E-state index in [0.717, 1.165) is 23.7 Å². The van der Waals surface area contributed by atoms with Gasteiger partial charge in [-0.2, -0.15) is 0 Å². The van der Waals surface area contributed by atoms with E-state index in [0.29, 0.717) is 0 Å². The van der Waals surface area contributed by atoms with E-state index in [1.165, 1.54) is 64.2 Å². The molecule has 0 unspecified atom stereocenters. The molecule has 0 aromatic rings. The molecule has 0 heterocycles. The summed E-state index contributed by atoms with van der Waals surface area (Å²) in [6.45, 7) is 7.74. The third-order valence-electron chi connectivity index (χ3n) is 5.44. The second-order valence-electron chi connectivity index (χ2n) is 7.00. The van der Waals surface area contributed by atoms with E-state index in [-0.39, 0.29) is 0 Å². The van der Waals surface area contributed by atoms with Crippen molar-refractivity contribution >= 4 is 0 Å². The van der Waals surface area contributed by atoms with Crippen LogP contribution in [0.15, 0.2) is 37.5 Å². The van der Waals surface area contributed by atoms with Crippen molar-refractivity contribution in [1.82, 2.24) is 0 Å². The summed E-state index contributed by atoms with van der Waals surface area (Å²) in [4.78, 5) is 0. The molecule has 0 aliphatic heterocycles. The van der Waals surface area contributed by atoms with Crippen LogP contribution in [0.25, 0.3) is 0 Å². The van der Waals surface area contributed by atoms with Crippen molar-refractivity contribution in [3.05, 3.63) is 37.5 Å². The van der Waals surface area contributed by atoms with Gasteiger partial charge in [0.25, 0.3) is 0 Å². The first-order valence-corrected chi connectivity index (χ1v) is 8.72. The van der Waals surface area contributed by atoms with Crippen molar-refractivity contribution < 1.29 is 0 Å². The monoisotopic (exact) mass is 272 g/mol. The van der Waals surface area contributed by atoms with E-state index in [4.69, 9.17) is 0 Å². The Morgan fingerprint density at radius 3 is 1.25 bits per heavy atom. The summed E-state index contributed by atoms with van der Waals surface area (Å²) in [5.41, 5.74) is 0. The average molecular weight is 272 g/mol. The minimum absolute atomic E-state index is 0.863. The van der Waals surface area contributed by atoms with Gasteiger partial charge in [-0.1, -0.05) is 24.3 Å². The quantitative estimate of drug-likeness (QED) is 0.497. The van der Waals surface area contributed by atoms with Gasteiger partial charge in [0.1, 0.15) is 0 Å². The van der Waals surface area contributed by atoms with Crippen LogP contribution in [0, 0.1) is 23.7 Å². The minimum atomic E-state index is 0.863. The SMILES string of the molecule is C=CCC1CCC(C=CC2CCC(CC=C)CC2)CC1. The first-order valence-electron chi connectivity index (χ1n) is 8.72. The maximum Gasteiger partial charge on any atom is -0.0233 e. The van der Waals surface area contributed by atoms with Gasteiger partial charge in [0.05, 0.1) is 0 Å². The lowest BCUT2D eigenvalue weighted by Gasteiger charge is -2.28. The lowest BCUT2D eigenvalue weighted by Crippen LogP contribution is -2.14. The van der Waals surface area contributed by atoms with Gasteiger partial charge in [0, 0.05) is 0 Å². The fourth-order valence-corrected chi connectivity index (χ4v) is 4.02. The Morgan fingerprint density at radius 1 is 0.600 bits per heavy atom. The molecule has 0 saturated heterocycles. The van der Waals surface area contributed by atoms with Gasteiger partial charge in [-0.3, -0.25) is 0 Å². The molecule has 0 N–H and O–H groups in total. The summed E-state index contributed by atoms with van der Waals surface area (Å²) >= 11 is 0. The van der Waals surface area contributed by atoms with Gasteiger partial charge in [-0.05, 0) is 87.9 Å². The number of hydrogen-bond acceptors (Lipinski definition) is 0. The standard InChI is InChI=1S/C20H32/c1-3-5-17-7-11-19(12-8-17)15-16-20-13-9-18(6-4-2)10-14-20/h3-4,15-20H,1-2,5-14H2. The zero-order valence-corrected chi connectivity index (χ0v) is 13.1. The average Bonchev–Trinajstić information content (AvgIpc) is 2.49. The molecule has 2 rings (SSSR count). The molecule has 0 radical (unpaired) electrons. The Morgan fingerprint density at radius 2 is 0.950 bits per heavy atom. The van der Waals surface area contributed by atoms with Crippen molar-refractivity contribution in [2.75, 3.05) is 0 Å². The van der Waals surface area contributed by atoms with Crippen molar-refractivity contribution in [1.29, 1.82) is 0 Å². The fraction of sp³-hybridized carbons (Fsp3) is 0.700. The van der Waals surface area contributed by atoms with E-state index in [9.17, 15) is 0 Å². The molecule has 2 fully saturated rings. The van der Waals surface area contributed by atoms with Gasteiger partial charge in [0.15, 0.2) is 0 Å². The maximum atomic E-state index is 3.87. The number of rotatable bonds is 6. The van der Waals surface area contributed by atoms with E-state index in [1.807, 2.05) is 0 Å². The summed E-state index contributed by atoms with van der Waals surface area (Å²) in [5, 5.41) is 0. The van der Waals surface area contributed by atoms with Gasteiger partial charge >= 0.3 is 0 Å². The minimum Gasteiger partial charge on any atom is -0.103 e. The summed E-state index contributed by atoms with van der Waals surface area (Å²) in [5.74, 6) is 3.57.